The molecule has 0 radical (unpaired) electrons. The predicted octanol–water partition coefficient (Wildman–Crippen LogP) is 0.921. The van der Waals surface area contributed by atoms with E-state index in [1.54, 1.807) is 0 Å². The van der Waals surface area contributed by atoms with Crippen molar-refractivity contribution < 1.29 is 0 Å². The fourth-order valence-corrected chi connectivity index (χ4v) is 2.30. The molecule has 0 saturated heterocycles. The van der Waals surface area contributed by atoms with Crippen LogP contribution in [0.3, 0.4) is 0 Å². The second-order valence-corrected chi connectivity index (χ2v) is 4.51. The van der Waals surface area contributed by atoms with Gasteiger partial charge in [0, 0.05) is 6.04 Å². The number of rotatable bonds is 2. The lowest BCUT2D eigenvalue weighted by molar-refractivity contribution is 0.271. The van der Waals surface area contributed by atoms with Crippen LogP contribution in [0.2, 0.25) is 0 Å². The minimum Gasteiger partial charge on any atom is -0.330 e. The lowest BCUT2D eigenvalue weighted by Crippen LogP contribution is -2.34. The Morgan fingerprint density at radius 2 is 1.90 bits per heavy atom. The maximum atomic E-state index is 2.62. The molecule has 0 aromatic heterocycles. The van der Waals surface area contributed by atoms with Crippen LogP contribution >= 0.6 is 0 Å². The molecule has 1 rings (SSSR count). The van der Waals surface area contributed by atoms with Gasteiger partial charge in [0.1, 0.15) is 0 Å². The molecule has 0 aliphatic heterocycles. The van der Waals surface area contributed by atoms with Crippen LogP contribution in [0.5, 0.6) is 0 Å². The van der Waals surface area contributed by atoms with E-state index in [2.05, 4.69) is 11.5 Å². The molecule has 0 spiro atoms. The van der Waals surface area contributed by atoms with E-state index < -0.39 is 0 Å². The summed E-state index contributed by atoms with van der Waals surface area (Å²) in [7, 11) is 1.26. The van der Waals surface area contributed by atoms with Crippen molar-refractivity contribution in [3.05, 3.63) is 0 Å². The summed E-state index contributed by atoms with van der Waals surface area (Å²) in [6.07, 6.45) is 7.37. The SMILES string of the molecule is CCN([SiH3])C1CCCCC1. The van der Waals surface area contributed by atoms with Gasteiger partial charge in [0.2, 0.25) is 0 Å². The second-order valence-electron chi connectivity index (χ2n) is 3.37. The molecule has 0 bridgehead atoms. The van der Waals surface area contributed by atoms with Crippen molar-refractivity contribution in [1.82, 2.24) is 4.57 Å². The van der Waals surface area contributed by atoms with Gasteiger partial charge in [-0.2, -0.15) is 0 Å². The summed E-state index contributed by atoms with van der Waals surface area (Å²) in [6, 6.07) is 0.963. The summed E-state index contributed by atoms with van der Waals surface area (Å²) < 4.78 is 2.62. The van der Waals surface area contributed by atoms with Crippen LogP contribution in [0, 0.1) is 0 Å². The molecule has 10 heavy (non-hydrogen) atoms. The molecule has 0 aromatic rings. The Labute approximate surface area is 67.3 Å². The Bertz CT molecular complexity index is 89.3. The van der Waals surface area contributed by atoms with Gasteiger partial charge in [0.15, 0.2) is 0 Å². The maximum Gasteiger partial charge on any atom is 0.0787 e. The molecule has 1 fully saturated rings. The largest absolute Gasteiger partial charge is 0.330 e. The van der Waals surface area contributed by atoms with E-state index in [0.29, 0.717) is 0 Å². The Morgan fingerprint density at radius 1 is 1.30 bits per heavy atom. The summed E-state index contributed by atoms with van der Waals surface area (Å²) in [5.41, 5.74) is 0. The molecular weight excluding hydrogens is 138 g/mol. The third-order valence-electron chi connectivity index (χ3n) is 2.70. The molecule has 0 N–H and O–H groups in total. The molecule has 1 aliphatic rings. The van der Waals surface area contributed by atoms with Crippen LogP contribution < -0.4 is 0 Å². The van der Waals surface area contributed by atoms with Gasteiger partial charge in [-0.15, -0.1) is 0 Å². The van der Waals surface area contributed by atoms with E-state index >= 15 is 0 Å². The Balaban J connectivity index is 2.24. The van der Waals surface area contributed by atoms with Crippen molar-refractivity contribution in [3.8, 4) is 0 Å². The van der Waals surface area contributed by atoms with Crippen LogP contribution in [0.25, 0.3) is 0 Å². The summed E-state index contributed by atoms with van der Waals surface area (Å²) in [5, 5.41) is 0. The fraction of sp³-hybridized carbons (Fsp3) is 1.00. The van der Waals surface area contributed by atoms with Gasteiger partial charge in [-0.3, -0.25) is 0 Å². The molecule has 60 valence electrons. The van der Waals surface area contributed by atoms with Gasteiger partial charge in [-0.1, -0.05) is 26.2 Å². The van der Waals surface area contributed by atoms with E-state index in [0.717, 1.165) is 6.04 Å². The molecule has 2 heteroatoms. The molecular formula is C8H19NSi. The Kier molecular flexibility index (Phi) is 3.42. The van der Waals surface area contributed by atoms with Gasteiger partial charge in [-0.05, 0) is 19.4 Å². The first-order chi connectivity index (χ1) is 4.84. The smallest absolute Gasteiger partial charge is 0.0787 e. The molecule has 1 saturated carbocycles. The summed E-state index contributed by atoms with van der Waals surface area (Å²) in [4.78, 5) is 0. The number of nitrogens with zero attached hydrogens (tertiary/aromatic N) is 1. The minimum atomic E-state index is 0.963. The highest BCUT2D eigenvalue weighted by Gasteiger charge is 2.15. The molecule has 0 atom stereocenters. The van der Waals surface area contributed by atoms with Crippen molar-refractivity contribution in [3.63, 3.8) is 0 Å². The maximum absolute atomic E-state index is 2.62. The first-order valence-corrected chi connectivity index (χ1v) is 5.44. The Hall–Kier alpha value is 0.177. The monoisotopic (exact) mass is 157 g/mol. The zero-order valence-corrected chi connectivity index (χ0v) is 9.27. The van der Waals surface area contributed by atoms with Crippen LogP contribution in [0.15, 0.2) is 0 Å². The lowest BCUT2D eigenvalue weighted by Gasteiger charge is -2.30. The van der Waals surface area contributed by atoms with Crippen molar-refractivity contribution in [2.45, 2.75) is 45.1 Å². The van der Waals surface area contributed by atoms with Crippen LogP contribution in [-0.4, -0.2) is 27.6 Å². The van der Waals surface area contributed by atoms with E-state index in [4.69, 9.17) is 0 Å². The third-order valence-corrected chi connectivity index (χ3v) is 4.06. The van der Waals surface area contributed by atoms with Gasteiger partial charge in [0.25, 0.3) is 0 Å². The van der Waals surface area contributed by atoms with Gasteiger partial charge < -0.3 is 4.57 Å². The first-order valence-electron chi connectivity index (χ1n) is 4.55. The normalized spacial score (nSPS) is 22.2. The predicted molar refractivity (Wildman–Crippen MR) is 49.2 cm³/mol. The lowest BCUT2D eigenvalue weighted by atomic mass is 9.95. The minimum absolute atomic E-state index is 0.963. The molecule has 0 heterocycles. The standard InChI is InChI=1S/C8H19NSi/c1-2-9(10)8-6-4-3-5-7-8/h8H,2-7H2,1,10H3. The van der Waals surface area contributed by atoms with Crippen molar-refractivity contribution in [2.75, 3.05) is 6.54 Å². The molecule has 0 aromatic carbocycles. The van der Waals surface area contributed by atoms with Gasteiger partial charge in [0.05, 0.1) is 10.4 Å². The van der Waals surface area contributed by atoms with E-state index in [9.17, 15) is 0 Å². The fourth-order valence-electron chi connectivity index (χ4n) is 1.78. The zero-order chi connectivity index (χ0) is 7.40. The first kappa shape index (κ1) is 8.28. The highest BCUT2D eigenvalue weighted by atomic mass is 28.2. The van der Waals surface area contributed by atoms with Crippen LogP contribution in [0.4, 0.5) is 0 Å². The van der Waals surface area contributed by atoms with Crippen molar-refractivity contribution >= 4 is 10.4 Å². The van der Waals surface area contributed by atoms with Crippen LogP contribution in [0.1, 0.15) is 39.0 Å². The molecule has 0 unspecified atom stereocenters. The highest BCUT2D eigenvalue weighted by Crippen LogP contribution is 2.20. The average molecular weight is 157 g/mol. The average Bonchev–Trinajstić information content (AvgIpc) is 2.05. The van der Waals surface area contributed by atoms with Crippen molar-refractivity contribution in [2.24, 2.45) is 0 Å². The van der Waals surface area contributed by atoms with Crippen molar-refractivity contribution in [1.29, 1.82) is 0 Å². The second kappa shape index (κ2) is 4.14. The summed E-state index contributed by atoms with van der Waals surface area (Å²) >= 11 is 0. The van der Waals surface area contributed by atoms with Crippen LogP contribution in [-0.2, 0) is 0 Å². The third kappa shape index (κ3) is 2.10. The number of hydrogen-bond acceptors (Lipinski definition) is 1. The molecule has 0 amide bonds. The summed E-state index contributed by atoms with van der Waals surface area (Å²) in [5.74, 6) is 0. The quantitative estimate of drug-likeness (QED) is 0.539. The topological polar surface area (TPSA) is 3.24 Å². The van der Waals surface area contributed by atoms with E-state index in [1.807, 2.05) is 0 Å². The molecule has 1 nitrogen and oxygen atoms in total. The molecule has 1 aliphatic carbocycles. The van der Waals surface area contributed by atoms with Gasteiger partial charge in [-0.25, -0.2) is 0 Å². The van der Waals surface area contributed by atoms with E-state index in [1.165, 1.54) is 49.1 Å². The highest BCUT2D eigenvalue weighted by molar-refractivity contribution is 6.04. The Morgan fingerprint density at radius 3 is 2.40 bits per heavy atom. The summed E-state index contributed by atoms with van der Waals surface area (Å²) in [6.45, 7) is 3.55. The van der Waals surface area contributed by atoms with Gasteiger partial charge >= 0.3 is 0 Å². The van der Waals surface area contributed by atoms with E-state index in [-0.39, 0.29) is 0 Å². The zero-order valence-electron chi connectivity index (χ0n) is 7.27. The number of hydrogen-bond donors (Lipinski definition) is 0.